The van der Waals surface area contributed by atoms with Crippen LogP contribution < -0.4 is 0 Å². The molecule has 0 spiro atoms. The molecule has 0 unspecified atom stereocenters. The molecule has 1 heterocycles. The van der Waals surface area contributed by atoms with E-state index in [0.29, 0.717) is 0 Å². The van der Waals surface area contributed by atoms with Crippen LogP contribution in [0.15, 0.2) is 42.5 Å². The van der Waals surface area contributed by atoms with E-state index in [2.05, 4.69) is 47.4 Å². The number of likely N-dealkylation sites (tertiary alicyclic amines) is 1. The summed E-state index contributed by atoms with van der Waals surface area (Å²) < 4.78 is 0. The molecular formula is C18H21NO. The van der Waals surface area contributed by atoms with Gasteiger partial charge in [0.15, 0.2) is 0 Å². The molecule has 1 saturated carbocycles. The monoisotopic (exact) mass is 267 g/mol. The zero-order valence-electron chi connectivity index (χ0n) is 11.8. The van der Waals surface area contributed by atoms with Crippen molar-refractivity contribution in [2.24, 2.45) is 0 Å². The zero-order valence-corrected chi connectivity index (χ0v) is 11.8. The Balaban J connectivity index is 1.68. The molecule has 1 saturated heterocycles. The van der Waals surface area contributed by atoms with Gasteiger partial charge < -0.3 is 10.0 Å². The van der Waals surface area contributed by atoms with Crippen LogP contribution in [0.3, 0.4) is 0 Å². The smallest absolute Gasteiger partial charge is 0.0926 e. The molecule has 2 aromatic carbocycles. The Hall–Kier alpha value is -1.38. The van der Waals surface area contributed by atoms with E-state index in [4.69, 9.17) is 0 Å². The first-order chi connectivity index (χ1) is 9.76. The van der Waals surface area contributed by atoms with Crippen molar-refractivity contribution in [3.8, 4) is 0 Å². The second-order valence-corrected chi connectivity index (χ2v) is 6.33. The molecular weight excluding hydrogens is 246 g/mol. The maximum absolute atomic E-state index is 11.1. The number of piperidine rings is 1. The van der Waals surface area contributed by atoms with Crippen LogP contribution in [-0.4, -0.2) is 29.1 Å². The van der Waals surface area contributed by atoms with Gasteiger partial charge in [-0.25, -0.2) is 0 Å². The van der Waals surface area contributed by atoms with E-state index in [1.165, 1.54) is 23.6 Å². The van der Waals surface area contributed by atoms with Gasteiger partial charge in [0.25, 0.3) is 0 Å². The molecule has 2 fully saturated rings. The molecule has 1 aliphatic carbocycles. The molecule has 20 heavy (non-hydrogen) atoms. The van der Waals surface area contributed by atoms with Gasteiger partial charge in [0.05, 0.1) is 5.60 Å². The first-order valence-electron chi connectivity index (χ1n) is 7.71. The van der Waals surface area contributed by atoms with E-state index in [-0.39, 0.29) is 0 Å². The molecule has 0 radical (unpaired) electrons. The summed E-state index contributed by atoms with van der Waals surface area (Å²) in [6.45, 7) is 2.06. The number of fused-ring (bicyclic) bond motifs is 1. The molecule has 0 aromatic heterocycles. The first kappa shape index (κ1) is 12.4. The number of benzene rings is 2. The van der Waals surface area contributed by atoms with Crippen molar-refractivity contribution >= 4 is 10.8 Å². The van der Waals surface area contributed by atoms with Gasteiger partial charge in [0.2, 0.25) is 0 Å². The molecule has 0 bridgehead atoms. The highest BCUT2D eigenvalue weighted by Crippen LogP contribution is 2.39. The normalized spacial score (nSPS) is 23.1. The summed E-state index contributed by atoms with van der Waals surface area (Å²) in [5.74, 6) is 0. The minimum Gasteiger partial charge on any atom is -0.385 e. The van der Waals surface area contributed by atoms with Crippen molar-refractivity contribution in [2.45, 2.75) is 37.3 Å². The number of aliphatic hydroxyl groups is 1. The molecule has 2 aromatic rings. The Morgan fingerprint density at radius 3 is 2.40 bits per heavy atom. The second kappa shape index (κ2) is 4.57. The molecule has 1 aliphatic heterocycles. The Bertz CT molecular complexity index is 619. The number of hydrogen-bond acceptors (Lipinski definition) is 2. The first-order valence-corrected chi connectivity index (χ1v) is 7.71. The van der Waals surface area contributed by atoms with E-state index in [0.717, 1.165) is 37.5 Å². The Morgan fingerprint density at radius 2 is 1.65 bits per heavy atom. The maximum Gasteiger partial charge on any atom is 0.0926 e. The van der Waals surface area contributed by atoms with Crippen LogP contribution in [-0.2, 0) is 5.60 Å². The lowest BCUT2D eigenvalue weighted by atomic mass is 9.82. The molecule has 2 heteroatoms. The zero-order chi connectivity index (χ0) is 13.6. The van der Waals surface area contributed by atoms with Crippen molar-refractivity contribution in [1.82, 2.24) is 4.90 Å². The summed E-state index contributed by atoms with van der Waals surface area (Å²) in [5, 5.41) is 13.6. The fourth-order valence-electron chi connectivity index (χ4n) is 3.60. The average Bonchev–Trinajstić information content (AvgIpc) is 3.32. The molecule has 2 nitrogen and oxygen atoms in total. The highest BCUT2D eigenvalue weighted by Gasteiger charge is 2.39. The highest BCUT2D eigenvalue weighted by molar-refractivity contribution is 5.86. The predicted octanol–water partition coefficient (Wildman–Crippen LogP) is 3.29. The topological polar surface area (TPSA) is 23.5 Å². The van der Waals surface area contributed by atoms with Crippen molar-refractivity contribution in [2.75, 3.05) is 13.1 Å². The van der Waals surface area contributed by atoms with Gasteiger partial charge >= 0.3 is 0 Å². The third-order valence-corrected chi connectivity index (χ3v) is 4.98. The van der Waals surface area contributed by atoms with Crippen LogP contribution in [0.1, 0.15) is 31.2 Å². The average molecular weight is 267 g/mol. The third-order valence-electron chi connectivity index (χ3n) is 4.98. The Labute approximate surface area is 120 Å². The fraction of sp³-hybridized carbons (Fsp3) is 0.444. The van der Waals surface area contributed by atoms with Crippen LogP contribution in [0.4, 0.5) is 0 Å². The lowest BCUT2D eigenvalue weighted by molar-refractivity contribution is -0.0265. The Kier molecular flexibility index (Phi) is 2.83. The lowest BCUT2D eigenvalue weighted by Crippen LogP contribution is -2.43. The molecule has 104 valence electrons. The van der Waals surface area contributed by atoms with Gasteiger partial charge in [-0.3, -0.25) is 0 Å². The minimum atomic E-state index is -0.647. The van der Waals surface area contributed by atoms with Crippen LogP contribution in [0, 0.1) is 0 Å². The fourth-order valence-corrected chi connectivity index (χ4v) is 3.60. The summed E-state index contributed by atoms with van der Waals surface area (Å²) in [4.78, 5) is 2.56. The van der Waals surface area contributed by atoms with Crippen molar-refractivity contribution < 1.29 is 5.11 Å². The van der Waals surface area contributed by atoms with Gasteiger partial charge in [0.1, 0.15) is 0 Å². The van der Waals surface area contributed by atoms with Crippen LogP contribution >= 0.6 is 0 Å². The predicted molar refractivity (Wildman–Crippen MR) is 81.7 cm³/mol. The summed E-state index contributed by atoms with van der Waals surface area (Å²) in [5.41, 5.74) is 0.470. The molecule has 0 amide bonds. The summed E-state index contributed by atoms with van der Waals surface area (Å²) >= 11 is 0. The largest absolute Gasteiger partial charge is 0.385 e. The highest BCUT2D eigenvalue weighted by atomic mass is 16.3. The Morgan fingerprint density at radius 1 is 0.950 bits per heavy atom. The summed E-state index contributed by atoms with van der Waals surface area (Å²) in [7, 11) is 0. The minimum absolute atomic E-state index is 0.647. The van der Waals surface area contributed by atoms with Crippen molar-refractivity contribution in [3.63, 3.8) is 0 Å². The van der Waals surface area contributed by atoms with Gasteiger partial charge in [-0.2, -0.15) is 0 Å². The second-order valence-electron chi connectivity index (χ2n) is 6.33. The van der Waals surface area contributed by atoms with E-state index in [9.17, 15) is 5.11 Å². The number of hydrogen-bond donors (Lipinski definition) is 1. The van der Waals surface area contributed by atoms with Gasteiger partial charge in [-0.1, -0.05) is 42.5 Å². The van der Waals surface area contributed by atoms with Crippen LogP contribution in [0.25, 0.3) is 10.8 Å². The maximum atomic E-state index is 11.1. The third kappa shape index (κ3) is 2.04. The molecule has 2 aliphatic rings. The lowest BCUT2D eigenvalue weighted by Gasteiger charge is -2.39. The van der Waals surface area contributed by atoms with Crippen LogP contribution in [0.2, 0.25) is 0 Å². The quantitative estimate of drug-likeness (QED) is 0.902. The van der Waals surface area contributed by atoms with E-state index in [1.807, 2.05) is 0 Å². The molecule has 0 atom stereocenters. The number of rotatable bonds is 2. The standard InChI is InChI=1S/C18H21NO/c20-18(10-12-19(13-11-18)15-8-9-15)17-7-3-5-14-4-1-2-6-16(14)17/h1-7,15,20H,8-13H2. The molecule has 4 rings (SSSR count). The van der Waals surface area contributed by atoms with Crippen molar-refractivity contribution in [3.05, 3.63) is 48.0 Å². The van der Waals surface area contributed by atoms with Gasteiger partial charge in [-0.05, 0) is 42.0 Å². The van der Waals surface area contributed by atoms with E-state index >= 15 is 0 Å². The van der Waals surface area contributed by atoms with E-state index < -0.39 is 5.60 Å². The van der Waals surface area contributed by atoms with Gasteiger partial charge in [0, 0.05) is 19.1 Å². The summed E-state index contributed by atoms with van der Waals surface area (Å²) in [6, 6.07) is 15.5. The van der Waals surface area contributed by atoms with Crippen molar-refractivity contribution in [1.29, 1.82) is 0 Å². The van der Waals surface area contributed by atoms with Gasteiger partial charge in [-0.15, -0.1) is 0 Å². The number of nitrogens with zero attached hydrogens (tertiary/aromatic N) is 1. The summed E-state index contributed by atoms with van der Waals surface area (Å²) in [6.07, 6.45) is 4.43. The molecule has 1 N–H and O–H groups in total. The van der Waals surface area contributed by atoms with Crippen LogP contribution in [0.5, 0.6) is 0 Å². The SMILES string of the molecule is OC1(c2cccc3ccccc23)CCN(C2CC2)CC1. The van der Waals surface area contributed by atoms with E-state index in [1.54, 1.807) is 0 Å².